The van der Waals surface area contributed by atoms with Crippen LogP contribution in [0.25, 0.3) is 0 Å². The minimum absolute atomic E-state index is 0.208. The molecule has 4 nitrogen and oxygen atoms in total. The van der Waals surface area contributed by atoms with Crippen LogP contribution in [0.3, 0.4) is 0 Å². The summed E-state index contributed by atoms with van der Waals surface area (Å²) in [4.78, 5) is 10.9. The highest BCUT2D eigenvalue weighted by atomic mass is 19.4. The Morgan fingerprint density at radius 1 is 1.44 bits per heavy atom. The summed E-state index contributed by atoms with van der Waals surface area (Å²) < 4.78 is 39.0. The first kappa shape index (κ1) is 15.0. The molecule has 16 heavy (non-hydrogen) atoms. The molecule has 0 heterocycles. The van der Waals surface area contributed by atoms with Crippen molar-refractivity contribution in [2.45, 2.75) is 32.5 Å². The Hall–Kier alpha value is -0.980. The Bertz CT molecular complexity index is 219. The second-order valence-corrected chi connectivity index (χ2v) is 3.84. The molecule has 0 spiro atoms. The molecule has 0 aliphatic carbocycles. The van der Waals surface area contributed by atoms with E-state index in [1.54, 1.807) is 0 Å². The largest absolute Gasteiger partial charge is 0.440 e. The van der Waals surface area contributed by atoms with Gasteiger partial charge >= 0.3 is 12.3 Å². The maximum absolute atomic E-state index is 11.7. The van der Waals surface area contributed by atoms with Crippen LogP contribution >= 0.6 is 0 Å². The van der Waals surface area contributed by atoms with Crippen LogP contribution in [0.1, 0.15) is 20.3 Å². The smallest absolute Gasteiger partial charge is 0.422 e. The van der Waals surface area contributed by atoms with Crippen LogP contribution in [0, 0.1) is 5.92 Å². The number of amides is 1. The quantitative estimate of drug-likeness (QED) is 0.772. The number of aliphatic hydroxyl groups excluding tert-OH is 1. The lowest BCUT2D eigenvalue weighted by atomic mass is 10.0. The van der Waals surface area contributed by atoms with Crippen molar-refractivity contribution in [3.8, 4) is 0 Å². The number of alkyl carbamates (subject to hydrolysis) is 1. The lowest BCUT2D eigenvalue weighted by molar-refractivity contribution is -0.160. The molecular formula is C9H16F3NO3. The highest BCUT2D eigenvalue weighted by Crippen LogP contribution is 2.14. The van der Waals surface area contributed by atoms with Gasteiger partial charge in [0.1, 0.15) is 0 Å². The Balaban J connectivity index is 3.92. The Morgan fingerprint density at radius 3 is 2.38 bits per heavy atom. The molecule has 0 aliphatic rings. The van der Waals surface area contributed by atoms with E-state index >= 15 is 0 Å². The van der Waals surface area contributed by atoms with Crippen LogP contribution in [0.15, 0.2) is 0 Å². The van der Waals surface area contributed by atoms with Gasteiger partial charge in [0.25, 0.3) is 0 Å². The lowest BCUT2D eigenvalue weighted by Crippen LogP contribution is -2.39. The van der Waals surface area contributed by atoms with Crippen molar-refractivity contribution in [2.75, 3.05) is 13.2 Å². The molecule has 1 unspecified atom stereocenters. The molecule has 7 heteroatoms. The number of rotatable bonds is 5. The third-order valence-corrected chi connectivity index (χ3v) is 1.67. The van der Waals surface area contributed by atoms with Gasteiger partial charge in [0.05, 0.1) is 12.6 Å². The van der Waals surface area contributed by atoms with Crippen LogP contribution in [-0.2, 0) is 4.74 Å². The molecule has 2 N–H and O–H groups in total. The molecule has 0 aromatic carbocycles. The zero-order valence-corrected chi connectivity index (χ0v) is 9.17. The molecule has 0 aromatic heterocycles. The monoisotopic (exact) mass is 243 g/mol. The minimum atomic E-state index is -4.54. The van der Waals surface area contributed by atoms with Gasteiger partial charge in [-0.05, 0) is 12.3 Å². The van der Waals surface area contributed by atoms with Gasteiger partial charge < -0.3 is 15.2 Å². The van der Waals surface area contributed by atoms with Gasteiger partial charge in [-0.3, -0.25) is 0 Å². The fourth-order valence-corrected chi connectivity index (χ4v) is 1.10. The molecule has 0 radical (unpaired) electrons. The van der Waals surface area contributed by atoms with Crippen molar-refractivity contribution >= 4 is 6.09 Å². The highest BCUT2D eigenvalue weighted by molar-refractivity contribution is 5.67. The number of ether oxygens (including phenoxy) is 1. The molecule has 0 saturated heterocycles. The van der Waals surface area contributed by atoms with Gasteiger partial charge in [0, 0.05) is 0 Å². The van der Waals surface area contributed by atoms with E-state index in [2.05, 4.69) is 10.1 Å². The average Bonchev–Trinajstić information content (AvgIpc) is 2.12. The molecule has 0 fully saturated rings. The molecule has 1 atom stereocenters. The molecule has 96 valence electrons. The summed E-state index contributed by atoms with van der Waals surface area (Å²) in [5.74, 6) is 0.208. The van der Waals surface area contributed by atoms with Crippen molar-refractivity contribution in [1.82, 2.24) is 5.32 Å². The number of carbonyl (C=O) groups excluding carboxylic acids is 1. The van der Waals surface area contributed by atoms with E-state index in [9.17, 15) is 18.0 Å². The maximum Gasteiger partial charge on any atom is 0.422 e. The molecule has 0 rings (SSSR count). The number of hydrogen-bond acceptors (Lipinski definition) is 3. The molecule has 1 amide bonds. The van der Waals surface area contributed by atoms with E-state index in [0.717, 1.165) is 0 Å². The van der Waals surface area contributed by atoms with Crippen molar-refractivity contribution in [1.29, 1.82) is 0 Å². The van der Waals surface area contributed by atoms with E-state index in [1.807, 2.05) is 13.8 Å². The van der Waals surface area contributed by atoms with Crippen LogP contribution in [0.4, 0.5) is 18.0 Å². The van der Waals surface area contributed by atoms with Crippen molar-refractivity contribution in [3.05, 3.63) is 0 Å². The molecule has 0 bridgehead atoms. The summed E-state index contributed by atoms with van der Waals surface area (Å²) in [5, 5.41) is 11.0. The van der Waals surface area contributed by atoms with Crippen LogP contribution < -0.4 is 5.32 Å². The Kier molecular flexibility index (Phi) is 6.17. The highest BCUT2D eigenvalue weighted by Gasteiger charge is 2.29. The SMILES string of the molecule is CC(C)CC(CO)NC(=O)OCC(F)(F)F. The van der Waals surface area contributed by atoms with Crippen molar-refractivity contribution in [3.63, 3.8) is 0 Å². The lowest BCUT2D eigenvalue weighted by Gasteiger charge is -2.18. The van der Waals surface area contributed by atoms with E-state index < -0.39 is 24.9 Å². The number of nitrogens with one attached hydrogen (secondary N) is 1. The summed E-state index contributed by atoms with van der Waals surface area (Å²) in [6.45, 7) is 1.77. The minimum Gasteiger partial charge on any atom is -0.440 e. The zero-order valence-electron chi connectivity index (χ0n) is 9.17. The van der Waals surface area contributed by atoms with Gasteiger partial charge in [0.15, 0.2) is 6.61 Å². The Morgan fingerprint density at radius 2 is 2.00 bits per heavy atom. The van der Waals surface area contributed by atoms with E-state index in [0.29, 0.717) is 6.42 Å². The predicted octanol–water partition coefficient (Wildman–Crippen LogP) is 1.68. The number of aliphatic hydroxyl groups is 1. The number of halogens is 3. The van der Waals surface area contributed by atoms with E-state index in [-0.39, 0.29) is 12.5 Å². The fourth-order valence-electron chi connectivity index (χ4n) is 1.10. The first-order valence-corrected chi connectivity index (χ1v) is 4.85. The summed E-state index contributed by atoms with van der Waals surface area (Å²) in [6, 6.07) is -0.583. The van der Waals surface area contributed by atoms with Crippen LogP contribution in [-0.4, -0.2) is 36.6 Å². The van der Waals surface area contributed by atoms with E-state index in [4.69, 9.17) is 5.11 Å². The standard InChI is InChI=1S/C9H16F3NO3/c1-6(2)3-7(4-14)13-8(15)16-5-9(10,11)12/h6-7,14H,3-5H2,1-2H3,(H,13,15). The van der Waals surface area contributed by atoms with Crippen LogP contribution in [0.5, 0.6) is 0 Å². The first-order chi connectivity index (χ1) is 7.24. The van der Waals surface area contributed by atoms with Gasteiger partial charge in [-0.2, -0.15) is 13.2 Å². The second kappa shape index (κ2) is 6.57. The number of carbonyl (C=O) groups is 1. The number of alkyl halides is 3. The second-order valence-electron chi connectivity index (χ2n) is 3.84. The summed E-state index contributed by atoms with van der Waals surface area (Å²) in [6.07, 6.45) is -5.24. The van der Waals surface area contributed by atoms with Crippen molar-refractivity contribution in [2.24, 2.45) is 5.92 Å². The van der Waals surface area contributed by atoms with Gasteiger partial charge in [-0.15, -0.1) is 0 Å². The summed E-state index contributed by atoms with van der Waals surface area (Å²) in [5.41, 5.74) is 0. The van der Waals surface area contributed by atoms with Gasteiger partial charge in [0.2, 0.25) is 0 Å². The summed E-state index contributed by atoms with van der Waals surface area (Å²) in [7, 11) is 0. The number of hydrogen-bond donors (Lipinski definition) is 2. The zero-order chi connectivity index (χ0) is 12.8. The third kappa shape index (κ3) is 8.34. The maximum atomic E-state index is 11.7. The molecule has 0 aromatic rings. The fraction of sp³-hybridized carbons (Fsp3) is 0.889. The topological polar surface area (TPSA) is 58.6 Å². The average molecular weight is 243 g/mol. The summed E-state index contributed by atoms with van der Waals surface area (Å²) >= 11 is 0. The van der Waals surface area contributed by atoms with Gasteiger partial charge in [-0.25, -0.2) is 4.79 Å². The molecule has 0 aliphatic heterocycles. The first-order valence-electron chi connectivity index (χ1n) is 4.85. The molecule has 0 saturated carbocycles. The molecular weight excluding hydrogens is 227 g/mol. The third-order valence-electron chi connectivity index (χ3n) is 1.67. The predicted molar refractivity (Wildman–Crippen MR) is 50.9 cm³/mol. The normalized spacial score (nSPS) is 13.7. The van der Waals surface area contributed by atoms with Crippen LogP contribution in [0.2, 0.25) is 0 Å². The van der Waals surface area contributed by atoms with Gasteiger partial charge in [-0.1, -0.05) is 13.8 Å². The van der Waals surface area contributed by atoms with E-state index in [1.165, 1.54) is 0 Å². The van der Waals surface area contributed by atoms with Crippen molar-refractivity contribution < 1.29 is 27.8 Å². The Labute approximate surface area is 91.8 Å².